The Kier molecular flexibility index (Phi) is 11.1. The van der Waals surface area contributed by atoms with Crippen molar-refractivity contribution in [1.29, 1.82) is 0 Å². The van der Waals surface area contributed by atoms with Crippen LogP contribution in [0.15, 0.2) is 78.9 Å². The van der Waals surface area contributed by atoms with E-state index in [4.69, 9.17) is 9.47 Å². The number of sulfonamides is 1. The molecule has 10 heteroatoms. The average Bonchev–Trinajstić information content (AvgIpc) is 3.02. The maximum absolute atomic E-state index is 14.3. The summed E-state index contributed by atoms with van der Waals surface area (Å²) in [5.74, 6) is 0.160. The molecule has 0 spiro atoms. The van der Waals surface area contributed by atoms with Crippen molar-refractivity contribution in [3.8, 4) is 11.5 Å². The lowest BCUT2D eigenvalue weighted by Gasteiger charge is -2.35. The van der Waals surface area contributed by atoms with E-state index in [1.165, 1.54) is 12.0 Å². The minimum absolute atomic E-state index is 0.0365. The van der Waals surface area contributed by atoms with Crippen molar-refractivity contribution in [2.75, 3.05) is 31.3 Å². The minimum Gasteiger partial charge on any atom is -0.497 e. The van der Waals surface area contributed by atoms with Gasteiger partial charge in [0, 0.05) is 19.0 Å². The third-order valence-electron chi connectivity index (χ3n) is 7.74. The molecule has 9 nitrogen and oxygen atoms in total. The molecule has 1 N–H and O–H groups in total. The molecule has 1 aliphatic rings. The first kappa shape index (κ1) is 31.9. The number of carbonyl (C=O) groups is 2. The molecular weight excluding hydrogens is 566 g/mol. The molecule has 3 aromatic rings. The van der Waals surface area contributed by atoms with Crippen molar-refractivity contribution in [3.05, 3.63) is 90.0 Å². The number of para-hydroxylation sites is 2. The number of carbonyl (C=O) groups excluding carboxylic acids is 2. The fourth-order valence-corrected chi connectivity index (χ4v) is 6.35. The fraction of sp³-hybridized carbons (Fsp3) is 0.394. The van der Waals surface area contributed by atoms with Crippen LogP contribution in [-0.4, -0.2) is 64.2 Å². The Morgan fingerprint density at radius 3 is 2.23 bits per heavy atom. The highest BCUT2D eigenvalue weighted by Crippen LogP contribution is 2.30. The Labute approximate surface area is 254 Å². The molecule has 0 saturated heterocycles. The van der Waals surface area contributed by atoms with Gasteiger partial charge in [-0.15, -0.1) is 0 Å². The number of hydrogen-bond acceptors (Lipinski definition) is 6. The van der Waals surface area contributed by atoms with Gasteiger partial charge in [0.1, 0.15) is 24.1 Å². The highest BCUT2D eigenvalue weighted by atomic mass is 32.2. The number of ether oxygens (including phenoxy) is 2. The lowest BCUT2D eigenvalue weighted by atomic mass is 9.94. The quantitative estimate of drug-likeness (QED) is 0.306. The van der Waals surface area contributed by atoms with Crippen LogP contribution in [-0.2, 0) is 32.6 Å². The molecule has 1 aliphatic carbocycles. The van der Waals surface area contributed by atoms with Gasteiger partial charge in [-0.1, -0.05) is 73.9 Å². The van der Waals surface area contributed by atoms with Gasteiger partial charge >= 0.3 is 0 Å². The average molecular weight is 608 g/mol. The third kappa shape index (κ3) is 8.73. The molecule has 230 valence electrons. The summed E-state index contributed by atoms with van der Waals surface area (Å²) in [4.78, 5) is 29.9. The van der Waals surface area contributed by atoms with Crippen LogP contribution in [0.2, 0.25) is 0 Å². The molecule has 2 amide bonds. The van der Waals surface area contributed by atoms with Crippen molar-refractivity contribution in [3.63, 3.8) is 0 Å². The Bertz CT molecular complexity index is 1470. The van der Waals surface area contributed by atoms with Crippen molar-refractivity contribution < 1.29 is 27.5 Å². The van der Waals surface area contributed by atoms with E-state index in [2.05, 4.69) is 5.32 Å². The number of benzene rings is 3. The summed E-state index contributed by atoms with van der Waals surface area (Å²) in [6.07, 6.45) is 6.34. The molecule has 0 aromatic heterocycles. The van der Waals surface area contributed by atoms with E-state index < -0.39 is 28.5 Å². The van der Waals surface area contributed by atoms with Gasteiger partial charge in [-0.05, 0) is 48.2 Å². The van der Waals surface area contributed by atoms with Crippen LogP contribution in [0.4, 0.5) is 5.69 Å². The number of anilines is 1. The van der Waals surface area contributed by atoms with E-state index in [0.717, 1.165) is 53.8 Å². The first-order chi connectivity index (χ1) is 20.7. The minimum atomic E-state index is -3.90. The van der Waals surface area contributed by atoms with Crippen molar-refractivity contribution in [1.82, 2.24) is 10.2 Å². The molecule has 3 aromatic carbocycles. The Morgan fingerprint density at radius 2 is 1.56 bits per heavy atom. The molecule has 1 unspecified atom stereocenters. The fourth-order valence-electron chi connectivity index (χ4n) is 5.50. The molecule has 4 rings (SSSR count). The lowest BCUT2D eigenvalue weighted by Crippen LogP contribution is -2.55. The summed E-state index contributed by atoms with van der Waals surface area (Å²) < 4.78 is 38.0. The van der Waals surface area contributed by atoms with Gasteiger partial charge in [0.25, 0.3) is 0 Å². The highest BCUT2D eigenvalue weighted by Gasteiger charge is 2.34. The number of hydrogen-bond donors (Lipinski definition) is 1. The third-order valence-corrected chi connectivity index (χ3v) is 8.87. The number of methoxy groups -OCH3 is 2. The second kappa shape index (κ2) is 14.9. The largest absolute Gasteiger partial charge is 0.497 e. The zero-order valence-corrected chi connectivity index (χ0v) is 25.9. The van der Waals surface area contributed by atoms with Crippen LogP contribution in [0.5, 0.6) is 11.5 Å². The number of rotatable bonds is 13. The van der Waals surface area contributed by atoms with Crippen molar-refractivity contribution in [2.45, 2.75) is 57.2 Å². The second-order valence-electron chi connectivity index (χ2n) is 10.9. The summed E-state index contributed by atoms with van der Waals surface area (Å²) in [7, 11) is -0.894. The Morgan fingerprint density at radius 1 is 0.884 bits per heavy atom. The van der Waals surface area contributed by atoms with Crippen molar-refractivity contribution in [2.24, 2.45) is 0 Å². The summed E-state index contributed by atoms with van der Waals surface area (Å²) in [6, 6.07) is 22.6. The number of nitrogens with zero attached hydrogens (tertiary/aromatic N) is 2. The maximum Gasteiger partial charge on any atom is 0.244 e. The molecule has 0 radical (unpaired) electrons. The SMILES string of the molecule is COc1cccc(CN(C(=O)CN(c2ccccc2OC)S(C)(=O)=O)C(Cc2ccccc2)C(=O)NC2CCCCC2)c1. The van der Waals surface area contributed by atoms with Gasteiger partial charge in [0.2, 0.25) is 21.8 Å². The van der Waals surface area contributed by atoms with E-state index in [1.54, 1.807) is 37.4 Å². The topological polar surface area (TPSA) is 105 Å². The standard InChI is InChI=1S/C33H41N3O6S/c1-41-28-18-12-15-26(21-28)23-35(32(37)24-36(43(3,39)40)29-19-10-11-20-31(29)42-2)30(22-25-13-6-4-7-14-25)33(38)34-27-16-8-5-9-17-27/h4,6-7,10-15,18-21,27,30H,5,8-9,16-17,22-24H2,1-3H3,(H,34,38). The van der Waals surface area contributed by atoms with Gasteiger partial charge in [-0.2, -0.15) is 0 Å². The predicted molar refractivity (Wildman–Crippen MR) is 168 cm³/mol. The zero-order chi connectivity index (χ0) is 30.8. The Balaban J connectivity index is 1.75. The molecule has 0 heterocycles. The van der Waals surface area contributed by atoms with Crippen LogP contribution < -0.4 is 19.1 Å². The van der Waals surface area contributed by atoms with Gasteiger partial charge < -0.3 is 19.7 Å². The second-order valence-corrected chi connectivity index (χ2v) is 12.8. The first-order valence-electron chi connectivity index (χ1n) is 14.6. The van der Waals surface area contributed by atoms with Gasteiger partial charge in [-0.25, -0.2) is 8.42 Å². The van der Waals surface area contributed by atoms with Crippen LogP contribution >= 0.6 is 0 Å². The summed E-state index contributed by atoms with van der Waals surface area (Å²) in [6.45, 7) is -0.430. The number of nitrogens with one attached hydrogen (secondary N) is 1. The van der Waals surface area contributed by atoms with Crippen LogP contribution in [0.1, 0.15) is 43.2 Å². The normalized spacial score (nSPS) is 14.4. The van der Waals surface area contributed by atoms with E-state index in [0.29, 0.717) is 11.5 Å². The van der Waals surface area contributed by atoms with Gasteiger partial charge in [0.05, 0.1) is 26.2 Å². The molecule has 1 fully saturated rings. The first-order valence-corrected chi connectivity index (χ1v) is 16.4. The molecule has 1 atom stereocenters. The maximum atomic E-state index is 14.3. The van der Waals surface area contributed by atoms with Crippen LogP contribution in [0.3, 0.4) is 0 Å². The van der Waals surface area contributed by atoms with Gasteiger partial charge in [-0.3, -0.25) is 13.9 Å². The summed E-state index contributed by atoms with van der Waals surface area (Å²) in [5.41, 5.74) is 1.88. The van der Waals surface area contributed by atoms with E-state index in [1.807, 2.05) is 48.5 Å². The number of amides is 2. The molecular formula is C33H41N3O6S. The molecule has 1 saturated carbocycles. The summed E-state index contributed by atoms with van der Waals surface area (Å²) in [5, 5.41) is 3.21. The Hall–Kier alpha value is -4.05. The van der Waals surface area contributed by atoms with E-state index >= 15 is 0 Å². The van der Waals surface area contributed by atoms with E-state index in [9.17, 15) is 18.0 Å². The van der Waals surface area contributed by atoms with E-state index in [-0.39, 0.29) is 30.6 Å². The molecule has 43 heavy (non-hydrogen) atoms. The molecule has 0 aliphatic heterocycles. The highest BCUT2D eigenvalue weighted by molar-refractivity contribution is 7.92. The predicted octanol–water partition coefficient (Wildman–Crippen LogP) is 4.56. The van der Waals surface area contributed by atoms with Crippen LogP contribution in [0.25, 0.3) is 0 Å². The monoisotopic (exact) mass is 607 g/mol. The van der Waals surface area contributed by atoms with Crippen molar-refractivity contribution >= 4 is 27.5 Å². The van der Waals surface area contributed by atoms with Crippen LogP contribution in [0, 0.1) is 0 Å². The summed E-state index contributed by atoms with van der Waals surface area (Å²) >= 11 is 0. The van der Waals surface area contributed by atoms with Gasteiger partial charge in [0.15, 0.2) is 0 Å². The molecule has 0 bridgehead atoms. The lowest BCUT2D eigenvalue weighted by molar-refractivity contribution is -0.140. The zero-order valence-electron chi connectivity index (χ0n) is 25.1. The smallest absolute Gasteiger partial charge is 0.244 e.